The van der Waals surface area contributed by atoms with E-state index in [4.69, 9.17) is 18.9 Å². The topological polar surface area (TPSA) is 36.9 Å². The van der Waals surface area contributed by atoms with Crippen molar-refractivity contribution in [1.82, 2.24) is 0 Å². The van der Waals surface area contributed by atoms with Crippen LogP contribution in [-0.2, 0) is 18.9 Å². The molecule has 0 aromatic heterocycles. The largest absolute Gasteiger partial charge is 0.359 e. The molecule has 0 radical (unpaired) electrons. The van der Waals surface area contributed by atoms with Crippen LogP contribution in [0.3, 0.4) is 0 Å². The van der Waals surface area contributed by atoms with E-state index in [1.54, 1.807) is 7.11 Å². The van der Waals surface area contributed by atoms with Gasteiger partial charge in [0.05, 0.1) is 12.2 Å². The van der Waals surface area contributed by atoms with E-state index in [-0.39, 0.29) is 18.3 Å². The zero-order valence-corrected chi connectivity index (χ0v) is 11.3. The fraction of sp³-hybridized carbons (Fsp3) is 0.818. The number of hydrogen-bond donors (Lipinski definition) is 0. The van der Waals surface area contributed by atoms with Crippen LogP contribution in [0.5, 0.6) is 0 Å². The van der Waals surface area contributed by atoms with Crippen molar-refractivity contribution in [3.05, 3.63) is 10.6 Å². The summed E-state index contributed by atoms with van der Waals surface area (Å²) >= 11 is 3.51. The van der Waals surface area contributed by atoms with Gasteiger partial charge in [-0.2, -0.15) is 0 Å². The molecule has 16 heavy (non-hydrogen) atoms. The Balaban J connectivity index is 2.02. The number of methoxy groups -OCH3 is 1. The Labute approximate surface area is 104 Å². The van der Waals surface area contributed by atoms with E-state index in [0.717, 1.165) is 10.9 Å². The first-order valence-electron chi connectivity index (χ1n) is 5.35. The molecule has 0 spiro atoms. The van der Waals surface area contributed by atoms with Crippen molar-refractivity contribution in [3.8, 4) is 0 Å². The molecule has 1 fully saturated rings. The number of fused-ring (bicyclic) bond motifs is 1. The van der Waals surface area contributed by atoms with Crippen molar-refractivity contribution in [2.75, 3.05) is 13.9 Å². The lowest BCUT2D eigenvalue weighted by Crippen LogP contribution is -2.33. The molecule has 5 heteroatoms. The number of halogens is 1. The van der Waals surface area contributed by atoms with Gasteiger partial charge in [0.25, 0.3) is 0 Å². The lowest BCUT2D eigenvalue weighted by molar-refractivity contribution is -0.146. The third-order valence-electron chi connectivity index (χ3n) is 2.67. The molecule has 1 aliphatic carbocycles. The first-order chi connectivity index (χ1) is 7.52. The number of hydrogen-bond acceptors (Lipinski definition) is 4. The van der Waals surface area contributed by atoms with Crippen molar-refractivity contribution >= 4 is 15.9 Å². The third kappa shape index (κ3) is 2.65. The van der Waals surface area contributed by atoms with E-state index in [1.807, 2.05) is 19.9 Å². The molecule has 0 bridgehead atoms. The van der Waals surface area contributed by atoms with Crippen LogP contribution in [0.25, 0.3) is 0 Å². The predicted molar refractivity (Wildman–Crippen MR) is 62.2 cm³/mol. The molecule has 0 amide bonds. The highest BCUT2D eigenvalue weighted by Crippen LogP contribution is 2.39. The monoisotopic (exact) mass is 292 g/mol. The Hall–Kier alpha value is 0.0600. The van der Waals surface area contributed by atoms with Crippen molar-refractivity contribution < 1.29 is 18.9 Å². The van der Waals surface area contributed by atoms with Gasteiger partial charge in [0, 0.05) is 18.0 Å². The molecule has 2 aliphatic rings. The van der Waals surface area contributed by atoms with E-state index >= 15 is 0 Å². The molecule has 1 aliphatic heterocycles. The Morgan fingerprint density at radius 2 is 2.25 bits per heavy atom. The van der Waals surface area contributed by atoms with Gasteiger partial charge in [0.1, 0.15) is 12.9 Å². The maximum atomic E-state index is 5.82. The van der Waals surface area contributed by atoms with Gasteiger partial charge in [-0.25, -0.2) is 0 Å². The van der Waals surface area contributed by atoms with Gasteiger partial charge in [0.2, 0.25) is 0 Å². The highest BCUT2D eigenvalue weighted by molar-refractivity contribution is 9.11. The van der Waals surface area contributed by atoms with E-state index in [1.165, 1.54) is 0 Å². The fourth-order valence-corrected chi connectivity index (χ4v) is 2.77. The highest BCUT2D eigenvalue weighted by Gasteiger charge is 2.45. The summed E-state index contributed by atoms with van der Waals surface area (Å²) in [5.41, 5.74) is 0. The molecular formula is C11H17BrO4. The van der Waals surface area contributed by atoms with E-state index < -0.39 is 5.79 Å². The van der Waals surface area contributed by atoms with Crippen LogP contribution in [-0.4, -0.2) is 38.0 Å². The SMILES string of the molecule is COCO[C@@H]1C=C(Br)[C@H]2OC(C)(C)O[C@H]2C1. The Morgan fingerprint density at radius 1 is 1.50 bits per heavy atom. The quantitative estimate of drug-likeness (QED) is 0.747. The summed E-state index contributed by atoms with van der Waals surface area (Å²) in [7, 11) is 1.61. The minimum Gasteiger partial charge on any atom is -0.359 e. The fourth-order valence-electron chi connectivity index (χ4n) is 2.08. The van der Waals surface area contributed by atoms with Crippen LogP contribution in [0, 0.1) is 0 Å². The second kappa shape index (κ2) is 4.74. The molecule has 3 atom stereocenters. The lowest BCUT2D eigenvalue weighted by atomic mass is 10.00. The average Bonchev–Trinajstić information content (AvgIpc) is 2.50. The Kier molecular flexibility index (Phi) is 3.71. The standard InChI is InChI=1S/C11H17BrO4/c1-11(2)15-9-5-7(14-6-13-3)4-8(12)10(9)16-11/h4,7,9-10H,5-6H2,1-3H3/t7-,9+,10-/m1/s1. The van der Waals surface area contributed by atoms with E-state index in [2.05, 4.69) is 15.9 Å². The van der Waals surface area contributed by atoms with Crippen molar-refractivity contribution in [1.29, 1.82) is 0 Å². The number of ether oxygens (including phenoxy) is 4. The van der Waals surface area contributed by atoms with Crippen LogP contribution in [0.2, 0.25) is 0 Å². The molecule has 0 unspecified atom stereocenters. The van der Waals surface area contributed by atoms with E-state index in [0.29, 0.717) is 6.79 Å². The molecular weight excluding hydrogens is 276 g/mol. The van der Waals surface area contributed by atoms with E-state index in [9.17, 15) is 0 Å². The first-order valence-corrected chi connectivity index (χ1v) is 6.14. The lowest BCUT2D eigenvalue weighted by Gasteiger charge is -2.26. The summed E-state index contributed by atoms with van der Waals surface area (Å²) in [6, 6.07) is 0. The van der Waals surface area contributed by atoms with Gasteiger partial charge in [-0.1, -0.05) is 15.9 Å². The zero-order chi connectivity index (χ0) is 11.8. The Bertz CT molecular complexity index is 290. The second-order valence-corrected chi connectivity index (χ2v) is 5.41. The van der Waals surface area contributed by atoms with Crippen molar-refractivity contribution in [2.24, 2.45) is 0 Å². The third-order valence-corrected chi connectivity index (χ3v) is 3.38. The molecule has 2 rings (SSSR count). The van der Waals surface area contributed by atoms with Gasteiger partial charge in [-0.15, -0.1) is 0 Å². The van der Waals surface area contributed by atoms with Gasteiger partial charge < -0.3 is 18.9 Å². The second-order valence-electron chi connectivity index (χ2n) is 4.49. The number of rotatable bonds is 3. The maximum Gasteiger partial charge on any atom is 0.164 e. The van der Waals surface area contributed by atoms with Gasteiger partial charge in [-0.3, -0.25) is 0 Å². The minimum absolute atomic E-state index is 0.00241. The maximum absolute atomic E-state index is 5.82. The predicted octanol–water partition coefficient (Wildman–Crippen LogP) is 2.18. The van der Waals surface area contributed by atoms with Crippen LogP contribution in [0.4, 0.5) is 0 Å². The summed E-state index contributed by atoms with van der Waals surface area (Å²) in [4.78, 5) is 0. The average molecular weight is 293 g/mol. The molecule has 0 saturated carbocycles. The molecule has 4 nitrogen and oxygen atoms in total. The van der Waals surface area contributed by atoms with Crippen molar-refractivity contribution in [3.63, 3.8) is 0 Å². The molecule has 1 saturated heterocycles. The first kappa shape index (κ1) is 12.5. The summed E-state index contributed by atoms with van der Waals surface area (Å²) in [5, 5.41) is 0. The van der Waals surface area contributed by atoms with Gasteiger partial charge in [0.15, 0.2) is 5.79 Å². The smallest absolute Gasteiger partial charge is 0.164 e. The van der Waals surface area contributed by atoms with Gasteiger partial charge in [-0.05, 0) is 19.9 Å². The minimum atomic E-state index is -0.516. The molecule has 0 aromatic rings. The Morgan fingerprint density at radius 3 is 2.94 bits per heavy atom. The highest BCUT2D eigenvalue weighted by atomic mass is 79.9. The summed E-state index contributed by atoms with van der Waals surface area (Å²) in [6.07, 6.45) is 2.89. The van der Waals surface area contributed by atoms with Crippen LogP contribution in [0.1, 0.15) is 20.3 Å². The molecule has 0 aromatic carbocycles. The normalized spacial score (nSPS) is 37.0. The molecule has 0 N–H and O–H groups in total. The van der Waals surface area contributed by atoms with Crippen LogP contribution >= 0.6 is 15.9 Å². The molecule has 1 heterocycles. The zero-order valence-electron chi connectivity index (χ0n) is 9.73. The summed E-state index contributed by atoms with van der Waals surface area (Å²) in [6.45, 7) is 4.15. The summed E-state index contributed by atoms with van der Waals surface area (Å²) in [5.74, 6) is -0.516. The van der Waals surface area contributed by atoms with Crippen LogP contribution in [0.15, 0.2) is 10.6 Å². The van der Waals surface area contributed by atoms with Crippen molar-refractivity contribution in [2.45, 2.75) is 44.4 Å². The molecule has 92 valence electrons. The summed E-state index contributed by atoms with van der Waals surface area (Å²) < 4.78 is 23.0. The van der Waals surface area contributed by atoms with Crippen LogP contribution < -0.4 is 0 Å². The van der Waals surface area contributed by atoms with Gasteiger partial charge >= 0.3 is 0 Å².